The molecule has 20 heavy (non-hydrogen) atoms. The lowest BCUT2D eigenvalue weighted by molar-refractivity contribution is -0.384. The van der Waals surface area contributed by atoms with Gasteiger partial charge in [0.05, 0.1) is 15.6 Å². The Labute approximate surface area is 121 Å². The number of aliphatic carboxylic acids is 1. The summed E-state index contributed by atoms with van der Waals surface area (Å²) in [6.45, 7) is -0.151. The number of carboxylic acids is 1. The van der Waals surface area contributed by atoms with Gasteiger partial charge in [0.25, 0.3) is 5.69 Å². The molecule has 1 aromatic carbocycles. The normalized spacial score (nSPS) is 15.2. The summed E-state index contributed by atoms with van der Waals surface area (Å²) in [5.41, 5.74) is 0.451. The van der Waals surface area contributed by atoms with Crippen LogP contribution in [0.3, 0.4) is 0 Å². The third-order valence-electron chi connectivity index (χ3n) is 3.52. The molecule has 0 unspecified atom stereocenters. The maximum Gasteiger partial charge on any atom is 0.323 e. The van der Waals surface area contributed by atoms with E-state index in [4.69, 9.17) is 16.7 Å². The molecule has 0 spiro atoms. The molecule has 2 rings (SSSR count). The van der Waals surface area contributed by atoms with Gasteiger partial charge < -0.3 is 10.0 Å². The van der Waals surface area contributed by atoms with Crippen molar-refractivity contribution in [2.24, 2.45) is 0 Å². The maximum absolute atomic E-state index is 11.0. The van der Waals surface area contributed by atoms with Crippen molar-refractivity contribution in [2.75, 3.05) is 11.4 Å². The Balaban J connectivity index is 2.32. The Morgan fingerprint density at radius 2 is 2.10 bits per heavy atom. The highest BCUT2D eigenvalue weighted by Gasteiger charge is 2.26. The number of non-ortho nitro benzene ring substituents is 1. The van der Waals surface area contributed by atoms with E-state index < -0.39 is 10.9 Å². The van der Waals surface area contributed by atoms with Crippen molar-refractivity contribution in [3.05, 3.63) is 33.3 Å². The fourth-order valence-corrected chi connectivity index (χ4v) is 2.90. The molecule has 1 N–H and O–H groups in total. The minimum absolute atomic E-state index is 0.0968. The summed E-state index contributed by atoms with van der Waals surface area (Å²) in [5, 5.41) is 20.0. The van der Waals surface area contributed by atoms with Crippen LogP contribution in [0.25, 0.3) is 0 Å². The molecule has 0 amide bonds. The zero-order valence-electron chi connectivity index (χ0n) is 10.8. The van der Waals surface area contributed by atoms with Gasteiger partial charge in [0.2, 0.25) is 0 Å². The standard InChI is InChI=1S/C13H15ClN2O4/c14-11-7-10(16(19)20)5-6-12(11)15(8-13(17)18)9-3-1-2-4-9/h5-7,9H,1-4,8H2,(H,17,18). The topological polar surface area (TPSA) is 83.7 Å². The molecule has 0 aliphatic heterocycles. The lowest BCUT2D eigenvalue weighted by atomic mass is 10.1. The van der Waals surface area contributed by atoms with E-state index in [0.717, 1.165) is 25.7 Å². The van der Waals surface area contributed by atoms with E-state index in [9.17, 15) is 14.9 Å². The highest BCUT2D eigenvalue weighted by atomic mass is 35.5. The number of halogens is 1. The van der Waals surface area contributed by atoms with E-state index in [0.29, 0.717) is 5.69 Å². The Morgan fingerprint density at radius 1 is 1.45 bits per heavy atom. The van der Waals surface area contributed by atoms with Gasteiger partial charge in [-0.3, -0.25) is 14.9 Å². The molecule has 0 saturated heterocycles. The molecule has 108 valence electrons. The summed E-state index contributed by atoms with van der Waals surface area (Å²) in [4.78, 5) is 23.0. The van der Waals surface area contributed by atoms with E-state index >= 15 is 0 Å². The van der Waals surface area contributed by atoms with Gasteiger partial charge in [-0.15, -0.1) is 0 Å². The number of carboxylic acid groups (broad SMARTS) is 1. The molecule has 1 aliphatic carbocycles. The molecule has 7 heteroatoms. The average molecular weight is 299 g/mol. The first-order valence-electron chi connectivity index (χ1n) is 6.41. The van der Waals surface area contributed by atoms with Gasteiger partial charge in [-0.2, -0.15) is 0 Å². The van der Waals surface area contributed by atoms with Gasteiger partial charge in [-0.25, -0.2) is 0 Å². The van der Waals surface area contributed by atoms with Gasteiger partial charge in [0.15, 0.2) is 0 Å². The molecule has 1 aliphatic rings. The SMILES string of the molecule is O=C(O)CN(c1ccc([N+](=O)[O-])cc1Cl)C1CCCC1. The molecule has 1 fully saturated rings. The van der Waals surface area contributed by atoms with Crippen LogP contribution in [0.15, 0.2) is 18.2 Å². The zero-order valence-corrected chi connectivity index (χ0v) is 11.5. The monoisotopic (exact) mass is 298 g/mol. The Kier molecular flexibility index (Phi) is 4.44. The first-order chi connectivity index (χ1) is 9.49. The largest absolute Gasteiger partial charge is 0.480 e. The van der Waals surface area contributed by atoms with Crippen LogP contribution in [0.5, 0.6) is 0 Å². The number of benzene rings is 1. The second-order valence-corrected chi connectivity index (χ2v) is 5.26. The van der Waals surface area contributed by atoms with Crippen LogP contribution in [0.4, 0.5) is 11.4 Å². The van der Waals surface area contributed by atoms with E-state index in [2.05, 4.69) is 0 Å². The van der Waals surface area contributed by atoms with Gasteiger partial charge in [-0.1, -0.05) is 24.4 Å². The molecule has 0 radical (unpaired) electrons. The third kappa shape index (κ3) is 3.19. The summed E-state index contributed by atoms with van der Waals surface area (Å²) in [7, 11) is 0. The lowest BCUT2D eigenvalue weighted by Crippen LogP contribution is -2.37. The molecule has 6 nitrogen and oxygen atoms in total. The number of nitrogens with zero attached hydrogens (tertiary/aromatic N) is 2. The summed E-state index contributed by atoms with van der Waals surface area (Å²) >= 11 is 6.09. The van der Waals surface area contributed by atoms with Crippen molar-refractivity contribution in [1.29, 1.82) is 0 Å². The fourth-order valence-electron chi connectivity index (χ4n) is 2.61. The van der Waals surface area contributed by atoms with Crippen LogP contribution >= 0.6 is 11.6 Å². The van der Waals surface area contributed by atoms with E-state index in [1.807, 2.05) is 0 Å². The smallest absolute Gasteiger partial charge is 0.323 e. The molecular formula is C13H15ClN2O4. The number of hydrogen-bond donors (Lipinski definition) is 1. The number of hydrogen-bond acceptors (Lipinski definition) is 4. The fraction of sp³-hybridized carbons (Fsp3) is 0.462. The molecule has 0 heterocycles. The summed E-state index contributed by atoms with van der Waals surface area (Å²) in [6.07, 6.45) is 3.96. The summed E-state index contributed by atoms with van der Waals surface area (Å²) < 4.78 is 0. The van der Waals surface area contributed by atoms with Gasteiger partial charge >= 0.3 is 5.97 Å². The third-order valence-corrected chi connectivity index (χ3v) is 3.83. The number of nitro benzene ring substituents is 1. The minimum atomic E-state index is -0.939. The first-order valence-corrected chi connectivity index (χ1v) is 6.79. The van der Waals surface area contributed by atoms with Crippen molar-refractivity contribution in [3.8, 4) is 0 Å². The summed E-state index contributed by atoms with van der Waals surface area (Å²) in [6, 6.07) is 4.28. The van der Waals surface area contributed by atoms with Gasteiger partial charge in [-0.05, 0) is 18.9 Å². The van der Waals surface area contributed by atoms with E-state index in [1.165, 1.54) is 18.2 Å². The zero-order chi connectivity index (χ0) is 14.7. The predicted molar refractivity (Wildman–Crippen MR) is 75.3 cm³/mol. The van der Waals surface area contributed by atoms with Crippen molar-refractivity contribution < 1.29 is 14.8 Å². The number of carbonyl (C=O) groups is 1. The predicted octanol–water partition coefficient (Wildman–Crippen LogP) is 3.08. The maximum atomic E-state index is 11.0. The molecule has 0 aromatic heterocycles. The highest BCUT2D eigenvalue weighted by Crippen LogP contribution is 2.34. The second kappa shape index (κ2) is 6.09. The highest BCUT2D eigenvalue weighted by molar-refractivity contribution is 6.33. The number of anilines is 1. The Morgan fingerprint density at radius 3 is 2.60 bits per heavy atom. The van der Waals surface area contributed by atoms with Crippen molar-refractivity contribution in [2.45, 2.75) is 31.7 Å². The van der Waals surface area contributed by atoms with Crippen molar-refractivity contribution in [3.63, 3.8) is 0 Å². The van der Waals surface area contributed by atoms with Crippen LogP contribution < -0.4 is 4.90 Å². The Bertz CT molecular complexity index is 529. The molecule has 0 bridgehead atoms. The molecule has 1 aromatic rings. The van der Waals surface area contributed by atoms with Crippen LogP contribution in [-0.2, 0) is 4.79 Å². The Hall–Kier alpha value is -1.82. The second-order valence-electron chi connectivity index (χ2n) is 4.85. The van der Waals surface area contributed by atoms with Crippen molar-refractivity contribution >= 4 is 28.9 Å². The van der Waals surface area contributed by atoms with Crippen LogP contribution in [0.1, 0.15) is 25.7 Å². The van der Waals surface area contributed by atoms with Gasteiger partial charge in [0, 0.05) is 18.2 Å². The van der Waals surface area contributed by atoms with Crippen LogP contribution in [0, 0.1) is 10.1 Å². The van der Waals surface area contributed by atoms with Crippen LogP contribution in [0.2, 0.25) is 5.02 Å². The van der Waals surface area contributed by atoms with Gasteiger partial charge in [0.1, 0.15) is 6.54 Å². The molecule has 1 saturated carbocycles. The molecule has 0 atom stereocenters. The van der Waals surface area contributed by atoms with E-state index in [1.54, 1.807) is 4.90 Å². The molecular weight excluding hydrogens is 284 g/mol. The first kappa shape index (κ1) is 14.6. The quantitative estimate of drug-likeness (QED) is 0.667. The number of nitro groups is 1. The summed E-state index contributed by atoms with van der Waals surface area (Å²) in [5.74, 6) is -0.939. The van der Waals surface area contributed by atoms with Crippen molar-refractivity contribution in [1.82, 2.24) is 0 Å². The average Bonchev–Trinajstić information content (AvgIpc) is 2.89. The van der Waals surface area contributed by atoms with E-state index in [-0.39, 0.29) is 23.3 Å². The minimum Gasteiger partial charge on any atom is -0.480 e. The number of rotatable bonds is 5. The lowest BCUT2D eigenvalue weighted by Gasteiger charge is -2.30. The van der Waals surface area contributed by atoms with Crippen LogP contribution in [-0.4, -0.2) is 28.6 Å².